The molecule has 0 saturated carbocycles. The Bertz CT molecular complexity index is 1070. The summed E-state index contributed by atoms with van der Waals surface area (Å²) in [4.78, 5) is 34.6. The lowest BCUT2D eigenvalue weighted by molar-refractivity contribution is 0.0525. The summed E-state index contributed by atoms with van der Waals surface area (Å²) < 4.78 is 11.4. The summed E-state index contributed by atoms with van der Waals surface area (Å²) in [6.45, 7) is 7.01. The maximum Gasteiger partial charge on any atom is 0.341 e. The van der Waals surface area contributed by atoms with Crippen molar-refractivity contribution in [2.75, 3.05) is 49.8 Å². The van der Waals surface area contributed by atoms with E-state index in [9.17, 15) is 4.79 Å². The highest BCUT2D eigenvalue weighted by molar-refractivity contribution is 7.19. The molecule has 0 aliphatic carbocycles. The van der Waals surface area contributed by atoms with Crippen molar-refractivity contribution in [3.63, 3.8) is 0 Å². The fourth-order valence-electron chi connectivity index (χ4n) is 3.29. The number of hydrogen-bond acceptors (Lipinski definition) is 10. The SMILES string of the molecule is CCOC(=O)c1cnc(N(C)C(C)c2cc3nc(Cl)nc(N4CCOCC4)c3s2)nc1. The van der Waals surface area contributed by atoms with Gasteiger partial charge in [0.1, 0.15) is 0 Å². The van der Waals surface area contributed by atoms with E-state index in [0.717, 1.165) is 34.0 Å². The minimum absolute atomic E-state index is 0.0241. The molecular formula is C20H23ClN6O3S. The number of thiophene rings is 1. The van der Waals surface area contributed by atoms with Gasteiger partial charge in [-0.1, -0.05) is 0 Å². The van der Waals surface area contributed by atoms with E-state index >= 15 is 0 Å². The molecule has 4 heterocycles. The first-order valence-electron chi connectivity index (χ1n) is 9.99. The van der Waals surface area contributed by atoms with Crippen LogP contribution in [0.4, 0.5) is 11.8 Å². The van der Waals surface area contributed by atoms with Crippen LogP contribution >= 0.6 is 22.9 Å². The molecule has 1 aliphatic heterocycles. The van der Waals surface area contributed by atoms with Gasteiger partial charge in [-0.05, 0) is 31.5 Å². The number of nitrogens with zero attached hydrogens (tertiary/aromatic N) is 6. The molecule has 4 rings (SSSR count). The standard InChI is InChI=1S/C20H23ClN6O3S/c1-4-30-18(28)13-10-22-20(23-11-13)26(3)12(2)15-9-14-16(31-15)17(25-19(21)24-14)27-5-7-29-8-6-27/h9-12H,4-8H2,1-3H3. The minimum atomic E-state index is -0.430. The summed E-state index contributed by atoms with van der Waals surface area (Å²) in [7, 11) is 1.91. The Morgan fingerprint density at radius 3 is 2.71 bits per heavy atom. The molecule has 31 heavy (non-hydrogen) atoms. The number of aromatic nitrogens is 4. The number of fused-ring (bicyclic) bond motifs is 1. The number of hydrogen-bond donors (Lipinski definition) is 0. The highest BCUT2D eigenvalue weighted by atomic mass is 35.5. The Labute approximate surface area is 189 Å². The first-order valence-corrected chi connectivity index (χ1v) is 11.2. The second-order valence-electron chi connectivity index (χ2n) is 7.06. The number of halogens is 1. The third kappa shape index (κ3) is 4.56. The van der Waals surface area contributed by atoms with Crippen molar-refractivity contribution in [1.82, 2.24) is 19.9 Å². The Hall–Kier alpha value is -2.56. The Balaban J connectivity index is 1.60. The topological polar surface area (TPSA) is 93.6 Å². The van der Waals surface area contributed by atoms with Crippen molar-refractivity contribution in [3.8, 4) is 0 Å². The zero-order valence-electron chi connectivity index (χ0n) is 17.5. The zero-order valence-corrected chi connectivity index (χ0v) is 19.1. The number of anilines is 2. The molecule has 3 aromatic heterocycles. The average molecular weight is 463 g/mol. The van der Waals surface area contributed by atoms with Crippen LogP contribution in [0.5, 0.6) is 0 Å². The van der Waals surface area contributed by atoms with Gasteiger partial charge in [-0.3, -0.25) is 0 Å². The molecule has 0 amide bonds. The van der Waals surface area contributed by atoms with Crippen molar-refractivity contribution in [1.29, 1.82) is 0 Å². The van der Waals surface area contributed by atoms with Crippen LogP contribution in [0.1, 0.15) is 35.1 Å². The van der Waals surface area contributed by atoms with Gasteiger partial charge in [0.15, 0.2) is 5.82 Å². The van der Waals surface area contributed by atoms with Gasteiger partial charge >= 0.3 is 5.97 Å². The highest BCUT2D eigenvalue weighted by Crippen LogP contribution is 2.37. The fraction of sp³-hybridized carbons (Fsp3) is 0.450. The zero-order chi connectivity index (χ0) is 22.0. The van der Waals surface area contributed by atoms with Gasteiger partial charge in [-0.2, -0.15) is 4.98 Å². The van der Waals surface area contributed by atoms with E-state index in [1.807, 2.05) is 18.0 Å². The van der Waals surface area contributed by atoms with E-state index in [2.05, 4.69) is 31.8 Å². The number of carbonyl (C=O) groups is 1. The fourth-order valence-corrected chi connectivity index (χ4v) is 4.67. The third-order valence-corrected chi connectivity index (χ3v) is 6.57. The lowest BCUT2D eigenvalue weighted by Crippen LogP contribution is -2.36. The van der Waals surface area contributed by atoms with Crippen LogP contribution in [0, 0.1) is 0 Å². The number of rotatable bonds is 6. The monoisotopic (exact) mass is 462 g/mol. The summed E-state index contributed by atoms with van der Waals surface area (Å²) in [6, 6.07) is 2.01. The molecule has 164 valence electrons. The van der Waals surface area contributed by atoms with Crippen LogP contribution in [-0.2, 0) is 9.47 Å². The van der Waals surface area contributed by atoms with Gasteiger partial charge in [0.05, 0.1) is 41.6 Å². The van der Waals surface area contributed by atoms with E-state index in [4.69, 9.17) is 21.1 Å². The molecule has 1 aliphatic rings. The van der Waals surface area contributed by atoms with E-state index in [1.54, 1.807) is 18.3 Å². The summed E-state index contributed by atoms with van der Waals surface area (Å²) in [5.74, 6) is 0.926. The van der Waals surface area contributed by atoms with Crippen LogP contribution in [-0.4, -0.2) is 65.9 Å². The second-order valence-corrected chi connectivity index (χ2v) is 8.48. The lowest BCUT2D eigenvalue weighted by atomic mass is 10.2. The molecule has 0 N–H and O–H groups in total. The molecule has 1 saturated heterocycles. The molecule has 3 aromatic rings. The molecule has 9 nitrogen and oxygen atoms in total. The molecule has 0 bridgehead atoms. The van der Waals surface area contributed by atoms with Crippen LogP contribution in [0.25, 0.3) is 10.2 Å². The molecule has 0 spiro atoms. The predicted molar refractivity (Wildman–Crippen MR) is 120 cm³/mol. The van der Waals surface area contributed by atoms with Crippen LogP contribution < -0.4 is 9.80 Å². The van der Waals surface area contributed by atoms with Crippen LogP contribution in [0.3, 0.4) is 0 Å². The van der Waals surface area contributed by atoms with E-state index in [0.29, 0.717) is 31.3 Å². The average Bonchev–Trinajstić information content (AvgIpc) is 3.22. The molecular weight excluding hydrogens is 440 g/mol. The van der Waals surface area contributed by atoms with Crippen LogP contribution in [0.2, 0.25) is 5.28 Å². The Morgan fingerprint density at radius 1 is 1.32 bits per heavy atom. The van der Waals surface area contributed by atoms with Gasteiger partial charge in [-0.15, -0.1) is 11.3 Å². The van der Waals surface area contributed by atoms with Crippen molar-refractivity contribution < 1.29 is 14.3 Å². The Morgan fingerprint density at radius 2 is 2.03 bits per heavy atom. The summed E-state index contributed by atoms with van der Waals surface area (Å²) in [5.41, 5.74) is 1.15. The maximum absolute atomic E-state index is 11.8. The summed E-state index contributed by atoms with van der Waals surface area (Å²) >= 11 is 7.84. The normalized spacial score (nSPS) is 15.2. The summed E-state index contributed by atoms with van der Waals surface area (Å²) in [5, 5.41) is 0.234. The Kier molecular flexibility index (Phi) is 6.49. The van der Waals surface area contributed by atoms with Gasteiger partial charge in [0.25, 0.3) is 0 Å². The molecule has 1 fully saturated rings. The number of esters is 1. The van der Waals surface area contributed by atoms with Gasteiger partial charge in [-0.25, -0.2) is 19.7 Å². The summed E-state index contributed by atoms with van der Waals surface area (Å²) in [6.07, 6.45) is 2.96. The van der Waals surface area contributed by atoms with Crippen molar-refractivity contribution in [3.05, 3.63) is 34.2 Å². The first kappa shape index (κ1) is 21.7. The van der Waals surface area contributed by atoms with Gasteiger partial charge < -0.3 is 19.3 Å². The van der Waals surface area contributed by atoms with Gasteiger partial charge in [0, 0.05) is 37.4 Å². The minimum Gasteiger partial charge on any atom is -0.462 e. The maximum atomic E-state index is 11.8. The second kappa shape index (κ2) is 9.29. The van der Waals surface area contributed by atoms with Crippen molar-refractivity contribution in [2.24, 2.45) is 0 Å². The van der Waals surface area contributed by atoms with E-state index in [-0.39, 0.29) is 11.3 Å². The van der Waals surface area contributed by atoms with Crippen LogP contribution in [0.15, 0.2) is 18.5 Å². The molecule has 0 radical (unpaired) electrons. The smallest absolute Gasteiger partial charge is 0.341 e. The largest absolute Gasteiger partial charge is 0.462 e. The molecule has 1 atom stereocenters. The molecule has 11 heteroatoms. The number of ether oxygens (including phenoxy) is 2. The third-order valence-electron chi connectivity index (χ3n) is 5.11. The highest BCUT2D eigenvalue weighted by Gasteiger charge is 2.23. The van der Waals surface area contributed by atoms with Gasteiger partial charge in [0.2, 0.25) is 11.2 Å². The number of carbonyl (C=O) groups excluding carboxylic acids is 1. The quantitative estimate of drug-likeness (QED) is 0.403. The lowest BCUT2D eigenvalue weighted by Gasteiger charge is -2.28. The predicted octanol–water partition coefficient (Wildman–Crippen LogP) is 3.35. The first-order chi connectivity index (χ1) is 15.0. The van der Waals surface area contributed by atoms with Crippen molar-refractivity contribution >= 4 is 50.9 Å². The molecule has 1 unspecified atom stereocenters. The number of morpholine rings is 1. The van der Waals surface area contributed by atoms with E-state index in [1.165, 1.54) is 12.4 Å². The van der Waals surface area contributed by atoms with E-state index < -0.39 is 5.97 Å². The van der Waals surface area contributed by atoms with Crippen molar-refractivity contribution in [2.45, 2.75) is 19.9 Å². The molecule has 0 aromatic carbocycles.